The van der Waals surface area contributed by atoms with E-state index in [1.165, 1.54) is 6.08 Å². The molecule has 0 bridgehead atoms. The third kappa shape index (κ3) is 7.24. The number of carbonyl (C=O) groups excluding carboxylic acids is 2. The van der Waals surface area contributed by atoms with Crippen molar-refractivity contribution >= 4 is 11.8 Å². The van der Waals surface area contributed by atoms with Crippen LogP contribution in [0.3, 0.4) is 0 Å². The molecule has 0 radical (unpaired) electrons. The first kappa shape index (κ1) is 18.6. The van der Waals surface area contributed by atoms with Gasteiger partial charge < -0.3 is 9.47 Å². The molecular weight excluding hydrogens is 256 g/mol. The predicted octanol–water partition coefficient (Wildman–Crippen LogP) is 3.21. The van der Waals surface area contributed by atoms with Crippen molar-refractivity contribution < 1.29 is 19.1 Å². The molecule has 0 aliphatic rings. The summed E-state index contributed by atoms with van der Waals surface area (Å²) in [5.41, 5.74) is -1.34. The van der Waals surface area contributed by atoms with Gasteiger partial charge in [-0.1, -0.05) is 13.2 Å². The lowest BCUT2D eigenvalue weighted by Crippen LogP contribution is -2.34. The fraction of sp³-hybridized carbons (Fsp3) is 0.625. The van der Waals surface area contributed by atoms with Crippen LogP contribution in [0.1, 0.15) is 47.0 Å². The fourth-order valence-electron chi connectivity index (χ4n) is 1.66. The number of hydrogen-bond donors (Lipinski definition) is 0. The summed E-state index contributed by atoms with van der Waals surface area (Å²) in [6, 6.07) is 0. The van der Waals surface area contributed by atoms with Gasteiger partial charge in [0.05, 0.1) is 0 Å². The molecule has 0 saturated carbocycles. The molecule has 0 atom stereocenters. The molecule has 4 heteroatoms. The Morgan fingerprint density at radius 1 is 1.05 bits per heavy atom. The highest BCUT2D eigenvalue weighted by Gasteiger charge is 2.26. The van der Waals surface area contributed by atoms with E-state index in [1.54, 1.807) is 13.8 Å². The van der Waals surface area contributed by atoms with Gasteiger partial charge in [-0.3, -0.25) is 4.79 Å². The molecule has 0 spiro atoms. The minimum Gasteiger partial charge on any atom is -0.457 e. The molecular formula is C16H26O4. The van der Waals surface area contributed by atoms with Crippen LogP contribution in [-0.4, -0.2) is 29.6 Å². The van der Waals surface area contributed by atoms with Gasteiger partial charge in [0.25, 0.3) is 0 Å². The summed E-state index contributed by atoms with van der Waals surface area (Å²) >= 11 is 0. The SMILES string of the molecule is C=CC(=O)OC(C)(C)CCCCOC(C)(C)C(=O)C=C. The number of esters is 1. The topological polar surface area (TPSA) is 52.6 Å². The Morgan fingerprint density at radius 3 is 2.15 bits per heavy atom. The number of ether oxygens (including phenoxy) is 2. The lowest BCUT2D eigenvalue weighted by atomic mass is 10.0. The third-order valence-electron chi connectivity index (χ3n) is 2.96. The Balaban J connectivity index is 3.97. The first-order valence-electron chi connectivity index (χ1n) is 6.81. The van der Waals surface area contributed by atoms with Gasteiger partial charge in [-0.2, -0.15) is 0 Å². The standard InChI is InChI=1S/C16H26O4/c1-7-13(17)16(5,6)19-12-10-9-11-15(3,4)20-14(18)8-2/h7-8H,1-2,9-12H2,3-6H3. The Morgan fingerprint density at radius 2 is 1.65 bits per heavy atom. The molecule has 0 aromatic heterocycles. The molecule has 0 rings (SSSR count). The van der Waals surface area contributed by atoms with Crippen LogP contribution in [0.2, 0.25) is 0 Å². The summed E-state index contributed by atoms with van der Waals surface area (Å²) in [5.74, 6) is -0.540. The number of rotatable bonds is 10. The molecule has 4 nitrogen and oxygen atoms in total. The van der Waals surface area contributed by atoms with E-state index in [0.717, 1.165) is 25.3 Å². The second kappa shape index (κ2) is 8.00. The second-order valence-corrected chi connectivity index (χ2v) is 5.77. The minimum absolute atomic E-state index is 0.127. The van der Waals surface area contributed by atoms with Gasteiger partial charge >= 0.3 is 5.97 Å². The molecule has 114 valence electrons. The first-order chi connectivity index (χ1) is 9.14. The number of ketones is 1. The van der Waals surface area contributed by atoms with Crippen LogP contribution >= 0.6 is 0 Å². The molecule has 0 aromatic carbocycles. The highest BCUT2D eigenvalue weighted by Crippen LogP contribution is 2.19. The van der Waals surface area contributed by atoms with Crippen LogP contribution in [0, 0.1) is 0 Å². The van der Waals surface area contributed by atoms with Crippen molar-refractivity contribution in [2.75, 3.05) is 6.61 Å². The van der Waals surface area contributed by atoms with Crippen LogP contribution < -0.4 is 0 Å². The number of carbonyl (C=O) groups is 2. The summed E-state index contributed by atoms with van der Waals surface area (Å²) in [5, 5.41) is 0. The van der Waals surface area contributed by atoms with E-state index in [2.05, 4.69) is 13.2 Å². The molecule has 0 fully saturated rings. The maximum atomic E-state index is 11.5. The van der Waals surface area contributed by atoms with Crippen molar-refractivity contribution in [3.63, 3.8) is 0 Å². The quantitative estimate of drug-likeness (QED) is 0.351. The largest absolute Gasteiger partial charge is 0.457 e. The molecule has 20 heavy (non-hydrogen) atoms. The average molecular weight is 282 g/mol. The van der Waals surface area contributed by atoms with E-state index in [1.807, 2.05) is 13.8 Å². The van der Waals surface area contributed by atoms with Crippen LogP contribution in [0.25, 0.3) is 0 Å². The van der Waals surface area contributed by atoms with E-state index in [-0.39, 0.29) is 5.78 Å². The van der Waals surface area contributed by atoms with Crippen LogP contribution in [0.4, 0.5) is 0 Å². The first-order valence-corrected chi connectivity index (χ1v) is 6.81. The predicted molar refractivity (Wildman–Crippen MR) is 79.5 cm³/mol. The van der Waals surface area contributed by atoms with Crippen molar-refractivity contribution in [3.05, 3.63) is 25.3 Å². The van der Waals surface area contributed by atoms with Crippen molar-refractivity contribution in [2.24, 2.45) is 0 Å². The van der Waals surface area contributed by atoms with Crippen LogP contribution in [0.15, 0.2) is 25.3 Å². The van der Waals surface area contributed by atoms with Gasteiger partial charge in [0.15, 0.2) is 5.78 Å². The maximum Gasteiger partial charge on any atom is 0.330 e. The molecule has 0 aromatic rings. The average Bonchev–Trinajstić information content (AvgIpc) is 2.36. The summed E-state index contributed by atoms with van der Waals surface area (Å²) in [6.45, 7) is 14.5. The Kier molecular flexibility index (Phi) is 7.43. The van der Waals surface area contributed by atoms with Crippen molar-refractivity contribution in [3.8, 4) is 0 Å². The Hall–Kier alpha value is -1.42. The van der Waals surface area contributed by atoms with E-state index in [0.29, 0.717) is 6.61 Å². The molecule has 0 aliphatic carbocycles. The smallest absolute Gasteiger partial charge is 0.330 e. The highest BCUT2D eigenvalue weighted by atomic mass is 16.6. The van der Waals surface area contributed by atoms with Crippen molar-refractivity contribution in [1.29, 1.82) is 0 Å². The monoisotopic (exact) mass is 282 g/mol. The van der Waals surface area contributed by atoms with Gasteiger partial charge in [0.2, 0.25) is 0 Å². The molecule has 0 amide bonds. The molecule has 0 heterocycles. The highest BCUT2D eigenvalue weighted by molar-refractivity contribution is 5.95. The zero-order valence-electron chi connectivity index (χ0n) is 13.0. The van der Waals surface area contributed by atoms with E-state index in [4.69, 9.17) is 9.47 Å². The van der Waals surface area contributed by atoms with Gasteiger partial charge in [-0.05, 0) is 53.0 Å². The number of unbranched alkanes of at least 4 members (excludes halogenated alkanes) is 1. The zero-order chi connectivity index (χ0) is 15.8. The van der Waals surface area contributed by atoms with Gasteiger partial charge in [-0.15, -0.1) is 0 Å². The summed E-state index contributed by atoms with van der Waals surface area (Å²) in [6.07, 6.45) is 4.80. The lowest BCUT2D eigenvalue weighted by molar-refractivity contribution is -0.151. The Labute approximate surface area is 121 Å². The van der Waals surface area contributed by atoms with Crippen molar-refractivity contribution in [2.45, 2.75) is 58.2 Å². The summed E-state index contributed by atoms with van der Waals surface area (Å²) in [7, 11) is 0. The summed E-state index contributed by atoms with van der Waals surface area (Å²) in [4.78, 5) is 22.6. The molecule has 0 saturated heterocycles. The molecule has 0 aliphatic heterocycles. The van der Waals surface area contributed by atoms with Crippen LogP contribution in [-0.2, 0) is 19.1 Å². The van der Waals surface area contributed by atoms with Crippen molar-refractivity contribution in [1.82, 2.24) is 0 Å². The van der Waals surface area contributed by atoms with Crippen LogP contribution in [0.5, 0.6) is 0 Å². The lowest BCUT2D eigenvalue weighted by Gasteiger charge is -2.25. The van der Waals surface area contributed by atoms with E-state index in [9.17, 15) is 9.59 Å². The third-order valence-corrected chi connectivity index (χ3v) is 2.96. The minimum atomic E-state index is -0.827. The number of hydrogen-bond acceptors (Lipinski definition) is 4. The molecule has 0 unspecified atom stereocenters. The van der Waals surface area contributed by atoms with E-state index >= 15 is 0 Å². The normalized spacial score (nSPS) is 11.8. The maximum absolute atomic E-state index is 11.5. The summed E-state index contributed by atoms with van der Waals surface area (Å²) < 4.78 is 10.8. The van der Waals surface area contributed by atoms with Gasteiger partial charge in [0.1, 0.15) is 11.2 Å². The van der Waals surface area contributed by atoms with Gasteiger partial charge in [0, 0.05) is 12.7 Å². The second-order valence-electron chi connectivity index (χ2n) is 5.77. The molecule has 0 N–H and O–H groups in total. The fourth-order valence-corrected chi connectivity index (χ4v) is 1.66. The zero-order valence-corrected chi connectivity index (χ0v) is 13.0. The Bertz CT molecular complexity index is 367. The van der Waals surface area contributed by atoms with E-state index < -0.39 is 17.2 Å². The van der Waals surface area contributed by atoms with Gasteiger partial charge in [-0.25, -0.2) is 4.79 Å².